The number of benzene rings is 3. The molecular weight excluding hydrogens is 596 g/mol. The van der Waals surface area contributed by atoms with Gasteiger partial charge in [-0.05, 0) is 42.0 Å². The van der Waals surface area contributed by atoms with Gasteiger partial charge in [-0.15, -0.1) is 10.2 Å². The van der Waals surface area contributed by atoms with Crippen LogP contribution in [0.4, 0.5) is 0 Å². The number of nitrogens with one attached hydrogen (secondary N) is 1. The van der Waals surface area contributed by atoms with Crippen molar-refractivity contribution in [3.8, 4) is 45.6 Å². The third kappa shape index (κ3) is 5.70. The van der Waals surface area contributed by atoms with E-state index in [-0.39, 0.29) is 57.4 Å². The maximum atomic E-state index is 13.3. The Morgan fingerprint density at radius 2 is 1.15 bits per heavy atom. The Balaban J connectivity index is 1.40. The summed E-state index contributed by atoms with van der Waals surface area (Å²) in [6.45, 7) is 0.247. The summed E-state index contributed by atoms with van der Waals surface area (Å²) >= 11 is 0. The third-order valence-electron chi connectivity index (χ3n) is 6.88. The second-order valence-electron chi connectivity index (χ2n) is 9.85. The molecule has 3 heterocycles. The first-order chi connectivity index (χ1) is 22.2. The van der Waals surface area contributed by atoms with Crippen molar-refractivity contribution < 1.29 is 34.8 Å². The summed E-state index contributed by atoms with van der Waals surface area (Å²) in [7, 11) is 0. The Kier molecular flexibility index (Phi) is 7.61. The highest BCUT2D eigenvalue weighted by molar-refractivity contribution is 5.96. The fourth-order valence-electron chi connectivity index (χ4n) is 4.58. The molecule has 15 nitrogen and oxygen atoms in total. The molecule has 0 aliphatic carbocycles. The molecule has 6 rings (SSSR count). The highest BCUT2D eigenvalue weighted by atomic mass is 16.4. The molecule has 0 atom stereocenters. The Morgan fingerprint density at radius 3 is 1.63 bits per heavy atom. The van der Waals surface area contributed by atoms with Gasteiger partial charge in [-0.25, -0.2) is 23.9 Å². The number of carbonyl (C=O) groups is 3. The van der Waals surface area contributed by atoms with Gasteiger partial charge in [0, 0.05) is 12.1 Å². The molecule has 0 saturated carbocycles. The van der Waals surface area contributed by atoms with E-state index in [0.717, 1.165) is 5.56 Å². The quantitative estimate of drug-likeness (QED) is 0.158. The van der Waals surface area contributed by atoms with E-state index in [0.29, 0.717) is 0 Å². The van der Waals surface area contributed by atoms with Crippen molar-refractivity contribution in [2.45, 2.75) is 6.54 Å². The molecule has 0 aliphatic heterocycles. The van der Waals surface area contributed by atoms with E-state index >= 15 is 0 Å². The summed E-state index contributed by atoms with van der Waals surface area (Å²) in [4.78, 5) is 40.9. The summed E-state index contributed by atoms with van der Waals surface area (Å²) in [5.74, 6) is -4.11. The average molecular weight is 619 g/mol. The first-order valence-corrected chi connectivity index (χ1v) is 13.5. The molecule has 6 aromatic rings. The summed E-state index contributed by atoms with van der Waals surface area (Å²) < 4.78 is 2.35. The third-order valence-corrected chi connectivity index (χ3v) is 6.88. The molecule has 0 aliphatic rings. The summed E-state index contributed by atoms with van der Waals surface area (Å²) in [6.07, 6.45) is 2.81. The van der Waals surface area contributed by atoms with Gasteiger partial charge in [-0.2, -0.15) is 0 Å². The number of aromatic hydroxyl groups is 2. The number of aromatic carboxylic acids is 2. The molecule has 0 spiro atoms. The van der Waals surface area contributed by atoms with Gasteiger partial charge in [0.25, 0.3) is 5.91 Å². The van der Waals surface area contributed by atoms with Crippen LogP contribution in [0.3, 0.4) is 0 Å². The SMILES string of the molecule is O=C(NCc1ccccc1)c1cc(-c2cn(-c3cccc(C(=O)O)c3O)nn2)nc(-c2cn(-c3cccc(C(=O)O)c3O)nn2)c1. The number of hydrogen-bond donors (Lipinski definition) is 5. The number of pyridine rings is 1. The van der Waals surface area contributed by atoms with Crippen LogP contribution < -0.4 is 5.32 Å². The largest absolute Gasteiger partial charge is 0.505 e. The molecule has 0 unspecified atom stereocenters. The van der Waals surface area contributed by atoms with Crippen LogP contribution in [-0.2, 0) is 6.54 Å². The lowest BCUT2D eigenvalue weighted by Crippen LogP contribution is -2.23. The summed E-state index contributed by atoms with van der Waals surface area (Å²) in [6, 6.07) is 20.6. The van der Waals surface area contributed by atoms with Gasteiger partial charge in [0.15, 0.2) is 11.5 Å². The van der Waals surface area contributed by atoms with Gasteiger partial charge >= 0.3 is 11.9 Å². The van der Waals surface area contributed by atoms with Crippen LogP contribution in [-0.4, -0.2) is 73.2 Å². The average Bonchev–Trinajstić information content (AvgIpc) is 3.75. The number of aromatic nitrogens is 7. The molecule has 228 valence electrons. The zero-order valence-electron chi connectivity index (χ0n) is 23.5. The lowest BCUT2D eigenvalue weighted by Gasteiger charge is -2.08. The van der Waals surface area contributed by atoms with Crippen molar-refractivity contribution >= 4 is 17.8 Å². The van der Waals surface area contributed by atoms with E-state index < -0.39 is 29.3 Å². The van der Waals surface area contributed by atoms with Crippen molar-refractivity contribution in [1.29, 1.82) is 0 Å². The predicted molar refractivity (Wildman–Crippen MR) is 160 cm³/mol. The smallest absolute Gasteiger partial charge is 0.339 e. The zero-order chi connectivity index (χ0) is 32.4. The molecule has 15 heteroatoms. The minimum atomic E-state index is -1.32. The zero-order valence-corrected chi connectivity index (χ0v) is 23.5. The first-order valence-electron chi connectivity index (χ1n) is 13.5. The predicted octanol–water partition coefficient (Wildman–Crippen LogP) is 3.31. The van der Waals surface area contributed by atoms with Crippen LogP contribution in [0.5, 0.6) is 11.5 Å². The molecule has 0 radical (unpaired) electrons. The van der Waals surface area contributed by atoms with E-state index in [2.05, 4.69) is 30.9 Å². The van der Waals surface area contributed by atoms with E-state index in [4.69, 9.17) is 0 Å². The Bertz CT molecular complexity index is 2000. The maximum Gasteiger partial charge on any atom is 0.339 e. The fraction of sp³-hybridized carbons (Fsp3) is 0.0323. The number of para-hydroxylation sites is 2. The number of amides is 1. The van der Waals surface area contributed by atoms with Crippen LogP contribution in [0.15, 0.2) is 91.3 Å². The fourth-order valence-corrected chi connectivity index (χ4v) is 4.58. The second kappa shape index (κ2) is 12.0. The molecule has 1 amide bonds. The number of carboxylic acids is 2. The normalized spacial score (nSPS) is 10.9. The summed E-state index contributed by atoms with van der Waals surface area (Å²) in [5.41, 5.74) is 1.26. The Labute approximate surface area is 258 Å². The number of phenols is 2. The second-order valence-corrected chi connectivity index (χ2v) is 9.85. The van der Waals surface area contributed by atoms with Gasteiger partial charge in [0.2, 0.25) is 0 Å². The lowest BCUT2D eigenvalue weighted by molar-refractivity contribution is 0.0682. The van der Waals surface area contributed by atoms with E-state index in [1.54, 1.807) is 0 Å². The van der Waals surface area contributed by atoms with Crippen molar-refractivity contribution in [2.24, 2.45) is 0 Å². The van der Waals surface area contributed by atoms with E-state index in [1.807, 2.05) is 30.3 Å². The summed E-state index contributed by atoms with van der Waals surface area (Å²) in [5, 5.41) is 58.9. The highest BCUT2D eigenvalue weighted by Crippen LogP contribution is 2.29. The van der Waals surface area contributed by atoms with E-state index in [9.17, 15) is 34.8 Å². The molecule has 5 N–H and O–H groups in total. The van der Waals surface area contributed by atoms with Crippen molar-refractivity contribution in [3.63, 3.8) is 0 Å². The minimum absolute atomic E-state index is 0.0574. The van der Waals surface area contributed by atoms with Crippen LogP contribution in [0.25, 0.3) is 34.2 Å². The Hall–Kier alpha value is -6.90. The van der Waals surface area contributed by atoms with E-state index in [1.165, 1.54) is 70.3 Å². The molecule has 0 bridgehead atoms. The van der Waals surface area contributed by atoms with Gasteiger partial charge in [0.1, 0.15) is 33.9 Å². The molecule has 3 aromatic carbocycles. The lowest BCUT2D eigenvalue weighted by atomic mass is 10.1. The number of hydrogen-bond acceptors (Lipinski definition) is 10. The molecule has 0 fully saturated rings. The monoisotopic (exact) mass is 618 g/mol. The van der Waals surface area contributed by atoms with Crippen LogP contribution >= 0.6 is 0 Å². The van der Waals surface area contributed by atoms with Crippen molar-refractivity contribution in [1.82, 2.24) is 40.3 Å². The molecule has 46 heavy (non-hydrogen) atoms. The molecular formula is C31H22N8O7. The topological polar surface area (TPSA) is 218 Å². The van der Waals surface area contributed by atoms with Gasteiger partial charge in [0.05, 0.1) is 23.8 Å². The number of carbonyl (C=O) groups excluding carboxylic acids is 1. The van der Waals surface area contributed by atoms with Crippen LogP contribution in [0.1, 0.15) is 36.6 Å². The first kappa shape index (κ1) is 29.2. The number of nitrogens with zero attached hydrogens (tertiary/aromatic N) is 7. The van der Waals surface area contributed by atoms with Gasteiger partial charge in [-0.1, -0.05) is 52.9 Å². The van der Waals surface area contributed by atoms with Crippen LogP contribution in [0.2, 0.25) is 0 Å². The van der Waals surface area contributed by atoms with Gasteiger partial charge in [-0.3, -0.25) is 4.79 Å². The van der Waals surface area contributed by atoms with Crippen molar-refractivity contribution in [2.75, 3.05) is 0 Å². The number of carboxylic acid groups (broad SMARTS) is 2. The minimum Gasteiger partial charge on any atom is -0.505 e. The maximum absolute atomic E-state index is 13.3. The molecule has 0 saturated heterocycles. The Morgan fingerprint density at radius 1 is 0.652 bits per heavy atom. The van der Waals surface area contributed by atoms with Crippen molar-refractivity contribution in [3.05, 3.63) is 114 Å². The van der Waals surface area contributed by atoms with Gasteiger partial charge < -0.3 is 25.7 Å². The number of rotatable bonds is 9. The standard InChI is InChI=1S/C31H22N8O7/c40-27-19(30(43)44)8-4-10-25(27)38-15-23(34-36-38)21-12-18(29(42)32-14-17-6-2-1-3-7-17)13-22(33-21)24-16-39(37-35-24)26-11-5-9-20(28(26)41)31(45)46/h1-13,15-16,40-41H,14H2,(H,32,42)(H,43,44)(H,45,46). The highest BCUT2D eigenvalue weighted by Gasteiger charge is 2.20. The van der Waals surface area contributed by atoms with Crippen LogP contribution in [0, 0.1) is 0 Å². The molecule has 3 aromatic heterocycles.